The maximum absolute atomic E-state index is 12.4. The van der Waals surface area contributed by atoms with Crippen LogP contribution in [0.15, 0.2) is 45.1 Å². The number of nitrogens with zero attached hydrogens (tertiary/aromatic N) is 1. The lowest BCUT2D eigenvalue weighted by Crippen LogP contribution is -2.44. The van der Waals surface area contributed by atoms with E-state index in [1.807, 2.05) is 0 Å². The highest BCUT2D eigenvalue weighted by atomic mass is 79.9. The van der Waals surface area contributed by atoms with E-state index >= 15 is 0 Å². The van der Waals surface area contributed by atoms with Crippen molar-refractivity contribution in [2.45, 2.75) is 30.3 Å². The fraction of sp³-hybridized carbons (Fsp3) is 0.375. The summed E-state index contributed by atoms with van der Waals surface area (Å²) >= 11 is 11.0. The second-order valence-corrected chi connectivity index (χ2v) is 10.5. The monoisotopic (exact) mass is 448 g/mol. The number of likely N-dealkylation sites (tertiary alicyclic amines) is 1. The number of hydrogen-bond acceptors (Lipinski definition) is 4. The van der Waals surface area contributed by atoms with Crippen molar-refractivity contribution in [2.24, 2.45) is 0 Å². The van der Waals surface area contributed by atoms with Gasteiger partial charge in [-0.2, -0.15) is 0 Å². The molecule has 0 atom stereocenters. The van der Waals surface area contributed by atoms with Crippen LogP contribution in [0.4, 0.5) is 0 Å². The van der Waals surface area contributed by atoms with E-state index in [2.05, 4.69) is 37.7 Å². The smallest absolute Gasteiger partial charge is 0.240 e. The minimum absolute atomic E-state index is 0.0167. The van der Waals surface area contributed by atoms with Gasteiger partial charge in [0.15, 0.2) is 0 Å². The first-order valence-electron chi connectivity index (χ1n) is 7.67. The van der Waals surface area contributed by atoms with E-state index < -0.39 is 10.0 Å². The first-order chi connectivity index (χ1) is 11.4. The van der Waals surface area contributed by atoms with Crippen LogP contribution in [-0.2, 0) is 16.6 Å². The highest BCUT2D eigenvalue weighted by Gasteiger charge is 2.24. The molecule has 4 nitrogen and oxygen atoms in total. The first-order valence-corrected chi connectivity index (χ1v) is 11.1. The number of thiophene rings is 1. The molecule has 1 aliphatic rings. The Kier molecular flexibility index (Phi) is 6.00. The summed E-state index contributed by atoms with van der Waals surface area (Å²) < 4.78 is 28.8. The van der Waals surface area contributed by atoms with Crippen LogP contribution in [0.3, 0.4) is 0 Å². The van der Waals surface area contributed by atoms with Gasteiger partial charge in [0.25, 0.3) is 0 Å². The van der Waals surface area contributed by atoms with Crippen LogP contribution < -0.4 is 4.72 Å². The Morgan fingerprint density at radius 1 is 1.17 bits per heavy atom. The molecule has 8 heteroatoms. The Morgan fingerprint density at radius 3 is 2.42 bits per heavy atom. The normalized spacial score (nSPS) is 17.2. The van der Waals surface area contributed by atoms with Crippen LogP contribution in [0.5, 0.6) is 0 Å². The molecule has 0 bridgehead atoms. The fourth-order valence-corrected chi connectivity index (χ4v) is 5.72. The zero-order valence-electron chi connectivity index (χ0n) is 12.9. The largest absolute Gasteiger partial charge is 0.298 e. The topological polar surface area (TPSA) is 49.4 Å². The van der Waals surface area contributed by atoms with Crippen molar-refractivity contribution in [1.82, 2.24) is 9.62 Å². The third-order valence-electron chi connectivity index (χ3n) is 4.04. The summed E-state index contributed by atoms with van der Waals surface area (Å²) in [6.07, 6.45) is 1.64. The van der Waals surface area contributed by atoms with Crippen molar-refractivity contribution >= 4 is 48.9 Å². The summed E-state index contributed by atoms with van der Waals surface area (Å²) in [5, 5.41) is 0.530. The van der Waals surface area contributed by atoms with E-state index in [0.29, 0.717) is 5.02 Å². The van der Waals surface area contributed by atoms with Gasteiger partial charge in [-0.1, -0.05) is 11.6 Å². The number of benzene rings is 1. The van der Waals surface area contributed by atoms with E-state index in [9.17, 15) is 8.42 Å². The van der Waals surface area contributed by atoms with Crippen LogP contribution in [0, 0.1) is 0 Å². The van der Waals surface area contributed by atoms with Gasteiger partial charge in [0.2, 0.25) is 10.0 Å². The number of halogens is 2. The Labute approximate surface area is 160 Å². The van der Waals surface area contributed by atoms with Gasteiger partial charge in [-0.25, -0.2) is 13.1 Å². The quantitative estimate of drug-likeness (QED) is 0.747. The Bertz CT molecular complexity index is 785. The van der Waals surface area contributed by atoms with Gasteiger partial charge in [-0.05, 0) is 65.2 Å². The van der Waals surface area contributed by atoms with Crippen LogP contribution in [0.1, 0.15) is 17.7 Å². The SMILES string of the molecule is O=S(=O)(NC1CCN(Cc2ccc(Br)s2)CC1)c1ccc(Cl)cc1. The molecular formula is C16H18BrClN2O2S2. The van der Waals surface area contributed by atoms with Crippen LogP contribution in [0.25, 0.3) is 0 Å². The zero-order valence-corrected chi connectivity index (χ0v) is 16.9. The summed E-state index contributed by atoms with van der Waals surface area (Å²) in [6.45, 7) is 2.71. The summed E-state index contributed by atoms with van der Waals surface area (Å²) in [4.78, 5) is 3.95. The molecule has 0 amide bonds. The maximum atomic E-state index is 12.4. The summed E-state index contributed by atoms with van der Waals surface area (Å²) in [6, 6.07) is 10.4. The molecule has 2 aromatic rings. The van der Waals surface area contributed by atoms with E-state index in [1.54, 1.807) is 23.5 Å². The van der Waals surface area contributed by atoms with E-state index in [4.69, 9.17) is 11.6 Å². The number of sulfonamides is 1. The third-order valence-corrected chi connectivity index (χ3v) is 7.44. The standard InChI is InChI=1S/C16H18BrClN2O2S2/c17-16-6-3-14(23-16)11-20-9-7-13(8-10-20)19-24(21,22)15-4-1-12(18)2-5-15/h1-6,13,19H,7-11H2. The second-order valence-electron chi connectivity index (χ2n) is 5.83. The molecule has 1 saturated heterocycles. The molecule has 0 spiro atoms. The lowest BCUT2D eigenvalue weighted by molar-refractivity contribution is 0.201. The molecule has 0 unspecified atom stereocenters. The molecule has 1 N–H and O–H groups in total. The molecule has 0 aliphatic carbocycles. The molecule has 1 aromatic carbocycles. The fourth-order valence-electron chi connectivity index (χ4n) is 2.77. The van der Waals surface area contributed by atoms with E-state index in [1.165, 1.54) is 17.0 Å². The molecule has 0 saturated carbocycles. The van der Waals surface area contributed by atoms with Crippen molar-refractivity contribution < 1.29 is 8.42 Å². The number of piperidine rings is 1. The summed E-state index contributed by atoms with van der Waals surface area (Å²) in [5.74, 6) is 0. The van der Waals surface area contributed by atoms with Gasteiger partial charge in [-0.15, -0.1) is 11.3 Å². The lowest BCUT2D eigenvalue weighted by Gasteiger charge is -2.31. The first kappa shape index (κ1) is 18.4. The number of hydrogen-bond donors (Lipinski definition) is 1. The molecule has 1 fully saturated rings. The van der Waals surface area contributed by atoms with Gasteiger partial charge < -0.3 is 0 Å². The molecule has 1 aliphatic heterocycles. The highest BCUT2D eigenvalue weighted by Crippen LogP contribution is 2.25. The van der Waals surface area contributed by atoms with Crippen molar-refractivity contribution in [3.63, 3.8) is 0 Å². The average molecular weight is 450 g/mol. The van der Waals surface area contributed by atoms with Crippen molar-refractivity contribution in [2.75, 3.05) is 13.1 Å². The average Bonchev–Trinajstić information content (AvgIpc) is 2.94. The van der Waals surface area contributed by atoms with Crippen LogP contribution >= 0.6 is 38.9 Å². The van der Waals surface area contributed by atoms with Crippen molar-refractivity contribution in [1.29, 1.82) is 0 Å². The molecule has 2 heterocycles. The Hall–Kier alpha value is -0.440. The van der Waals surface area contributed by atoms with Crippen LogP contribution in [-0.4, -0.2) is 32.4 Å². The molecule has 0 radical (unpaired) electrons. The molecular weight excluding hydrogens is 432 g/mol. The van der Waals surface area contributed by atoms with Gasteiger partial charge in [0.1, 0.15) is 0 Å². The predicted molar refractivity (Wildman–Crippen MR) is 102 cm³/mol. The molecule has 130 valence electrons. The molecule has 1 aromatic heterocycles. The Balaban J connectivity index is 1.54. The number of nitrogens with one attached hydrogen (secondary N) is 1. The van der Waals surface area contributed by atoms with E-state index in [0.717, 1.165) is 36.3 Å². The van der Waals surface area contributed by atoms with Gasteiger partial charge in [0.05, 0.1) is 8.68 Å². The third kappa shape index (κ3) is 4.80. The molecule has 3 rings (SSSR count). The van der Waals surface area contributed by atoms with Crippen molar-refractivity contribution in [3.05, 3.63) is 50.1 Å². The van der Waals surface area contributed by atoms with E-state index in [-0.39, 0.29) is 10.9 Å². The van der Waals surface area contributed by atoms with Gasteiger partial charge >= 0.3 is 0 Å². The number of rotatable bonds is 5. The maximum Gasteiger partial charge on any atom is 0.240 e. The molecule has 24 heavy (non-hydrogen) atoms. The highest BCUT2D eigenvalue weighted by molar-refractivity contribution is 9.11. The van der Waals surface area contributed by atoms with Gasteiger partial charge in [-0.3, -0.25) is 4.90 Å². The minimum Gasteiger partial charge on any atom is -0.298 e. The lowest BCUT2D eigenvalue weighted by atomic mass is 10.1. The predicted octanol–water partition coefficient (Wildman–Crippen LogP) is 4.11. The summed E-state index contributed by atoms with van der Waals surface area (Å²) in [5.41, 5.74) is 0. The van der Waals surface area contributed by atoms with Crippen molar-refractivity contribution in [3.8, 4) is 0 Å². The minimum atomic E-state index is -3.48. The van der Waals surface area contributed by atoms with Crippen LogP contribution in [0.2, 0.25) is 5.02 Å². The Morgan fingerprint density at radius 2 is 1.83 bits per heavy atom. The zero-order chi connectivity index (χ0) is 17.2. The summed E-state index contributed by atoms with van der Waals surface area (Å²) in [7, 11) is -3.48. The van der Waals surface area contributed by atoms with Gasteiger partial charge in [0, 0.05) is 35.6 Å². The second kappa shape index (κ2) is 7.85.